The van der Waals surface area contributed by atoms with Crippen molar-refractivity contribution in [3.8, 4) is 17.0 Å². The van der Waals surface area contributed by atoms with Crippen LogP contribution in [0.15, 0.2) is 60.8 Å². The Hall–Kier alpha value is -3.38. The van der Waals surface area contributed by atoms with E-state index in [-0.39, 0.29) is 24.7 Å². The number of aromatic nitrogens is 2. The van der Waals surface area contributed by atoms with Crippen LogP contribution in [0.1, 0.15) is 23.0 Å². The Morgan fingerprint density at radius 3 is 2.65 bits per heavy atom. The molecule has 7 heteroatoms. The van der Waals surface area contributed by atoms with E-state index in [2.05, 4.69) is 4.98 Å². The lowest BCUT2D eigenvalue weighted by molar-refractivity contribution is 0.0516. The van der Waals surface area contributed by atoms with Gasteiger partial charge in [0.1, 0.15) is 11.5 Å². The molecule has 4 rings (SSSR count). The molecule has 0 spiro atoms. The van der Waals surface area contributed by atoms with Crippen molar-refractivity contribution >= 4 is 28.5 Å². The van der Waals surface area contributed by atoms with E-state index in [0.29, 0.717) is 27.6 Å². The zero-order valence-corrected chi connectivity index (χ0v) is 17.8. The fourth-order valence-electron chi connectivity index (χ4n) is 3.72. The van der Waals surface area contributed by atoms with E-state index in [1.807, 2.05) is 24.3 Å². The molecule has 4 aromatic rings. The highest BCUT2D eigenvalue weighted by atomic mass is 35.5. The van der Waals surface area contributed by atoms with Gasteiger partial charge < -0.3 is 14.0 Å². The van der Waals surface area contributed by atoms with Gasteiger partial charge in [-0.05, 0) is 25.1 Å². The topological polar surface area (TPSA) is 53.4 Å². The molecule has 2 aromatic carbocycles. The summed E-state index contributed by atoms with van der Waals surface area (Å²) >= 11 is 6.23. The van der Waals surface area contributed by atoms with Crippen molar-refractivity contribution in [2.24, 2.45) is 0 Å². The highest BCUT2D eigenvalue weighted by molar-refractivity contribution is 6.31. The van der Waals surface area contributed by atoms with Crippen molar-refractivity contribution < 1.29 is 18.7 Å². The summed E-state index contributed by atoms with van der Waals surface area (Å²) in [5, 5.41) is 1.18. The van der Waals surface area contributed by atoms with E-state index in [1.54, 1.807) is 35.8 Å². The Labute approximate surface area is 184 Å². The van der Waals surface area contributed by atoms with Gasteiger partial charge in [-0.15, -0.1) is 0 Å². The maximum absolute atomic E-state index is 14.5. The molecule has 0 saturated heterocycles. The predicted molar refractivity (Wildman–Crippen MR) is 118 cm³/mol. The molecule has 0 radical (unpaired) electrons. The van der Waals surface area contributed by atoms with Gasteiger partial charge in [0.15, 0.2) is 0 Å². The lowest BCUT2D eigenvalue weighted by Crippen LogP contribution is -2.14. The second-order valence-electron chi connectivity index (χ2n) is 6.85. The summed E-state index contributed by atoms with van der Waals surface area (Å²) in [6, 6.07) is 15.7. The molecule has 0 amide bonds. The second-order valence-corrected chi connectivity index (χ2v) is 7.29. The number of rotatable bonds is 6. The third kappa shape index (κ3) is 3.86. The molecule has 0 atom stereocenters. The van der Waals surface area contributed by atoms with Crippen molar-refractivity contribution in [1.82, 2.24) is 9.55 Å². The zero-order chi connectivity index (χ0) is 22.0. The fourth-order valence-corrected chi connectivity index (χ4v) is 3.88. The lowest BCUT2D eigenvalue weighted by atomic mass is 10.0. The van der Waals surface area contributed by atoms with Crippen LogP contribution >= 0.6 is 11.6 Å². The number of carbonyl (C=O) groups is 1. The summed E-state index contributed by atoms with van der Waals surface area (Å²) in [7, 11) is 1.50. The van der Waals surface area contributed by atoms with Crippen molar-refractivity contribution in [1.29, 1.82) is 0 Å². The first-order chi connectivity index (χ1) is 15.0. The Kier molecular flexibility index (Phi) is 5.91. The molecule has 0 saturated carbocycles. The maximum atomic E-state index is 14.5. The molecule has 0 aliphatic rings. The minimum absolute atomic E-state index is 0.150. The first-order valence-electron chi connectivity index (χ1n) is 9.76. The number of esters is 1. The van der Waals surface area contributed by atoms with Gasteiger partial charge >= 0.3 is 5.97 Å². The van der Waals surface area contributed by atoms with Gasteiger partial charge in [0.25, 0.3) is 0 Å². The average molecular weight is 439 g/mol. The van der Waals surface area contributed by atoms with Crippen LogP contribution < -0.4 is 4.74 Å². The van der Waals surface area contributed by atoms with Crippen LogP contribution in [0.3, 0.4) is 0 Å². The molecule has 31 heavy (non-hydrogen) atoms. The summed E-state index contributed by atoms with van der Waals surface area (Å²) in [4.78, 5) is 17.4. The molecular weight excluding hydrogens is 419 g/mol. The van der Waals surface area contributed by atoms with Gasteiger partial charge in [0.05, 0.1) is 25.3 Å². The SMILES string of the molecule is CCOC(=O)c1c(-c2cc(Cl)cnc2OC)c2ccccc2n1Cc1ccccc1F. The molecule has 0 aliphatic carbocycles. The quantitative estimate of drug-likeness (QED) is 0.361. The van der Waals surface area contributed by atoms with E-state index < -0.39 is 5.97 Å². The molecule has 2 heterocycles. The molecule has 0 N–H and O–H groups in total. The van der Waals surface area contributed by atoms with Crippen molar-refractivity contribution in [2.45, 2.75) is 13.5 Å². The first-order valence-corrected chi connectivity index (χ1v) is 10.1. The van der Waals surface area contributed by atoms with Crippen LogP contribution in [-0.4, -0.2) is 29.2 Å². The van der Waals surface area contributed by atoms with Gasteiger partial charge in [0, 0.05) is 33.8 Å². The third-order valence-electron chi connectivity index (χ3n) is 5.01. The average Bonchev–Trinajstić information content (AvgIpc) is 3.09. The highest BCUT2D eigenvalue weighted by Gasteiger charge is 2.27. The monoisotopic (exact) mass is 438 g/mol. The second kappa shape index (κ2) is 8.78. The van der Waals surface area contributed by atoms with E-state index >= 15 is 0 Å². The number of hydrogen-bond acceptors (Lipinski definition) is 4. The fraction of sp³-hybridized carbons (Fsp3) is 0.167. The zero-order valence-electron chi connectivity index (χ0n) is 17.1. The standard InChI is InChI=1S/C24H20ClFN2O3/c1-3-31-24(29)22-21(18-12-16(25)13-27-23(18)30-2)17-9-5-7-11-20(17)28(22)14-15-8-4-6-10-19(15)26/h4-13H,3,14H2,1-2H3. The van der Waals surface area contributed by atoms with Crippen molar-refractivity contribution in [2.75, 3.05) is 13.7 Å². The summed E-state index contributed by atoms with van der Waals surface area (Å²) in [6.07, 6.45) is 1.48. The molecular formula is C24H20ClFN2O3. The number of nitrogens with zero attached hydrogens (tertiary/aromatic N) is 2. The number of ether oxygens (including phenoxy) is 2. The van der Waals surface area contributed by atoms with Gasteiger partial charge in [-0.25, -0.2) is 14.2 Å². The van der Waals surface area contributed by atoms with Gasteiger partial charge in [-0.3, -0.25) is 0 Å². The number of fused-ring (bicyclic) bond motifs is 1. The molecule has 0 fully saturated rings. The maximum Gasteiger partial charge on any atom is 0.355 e. The highest BCUT2D eigenvalue weighted by Crippen LogP contribution is 2.40. The Bertz CT molecular complexity index is 1270. The normalized spacial score (nSPS) is 11.0. The van der Waals surface area contributed by atoms with Gasteiger partial charge in [-0.1, -0.05) is 48.0 Å². The van der Waals surface area contributed by atoms with Crippen LogP contribution in [0.2, 0.25) is 5.02 Å². The molecule has 0 aliphatic heterocycles. The smallest absolute Gasteiger partial charge is 0.355 e. The van der Waals surface area contributed by atoms with E-state index in [9.17, 15) is 9.18 Å². The number of hydrogen-bond donors (Lipinski definition) is 0. The number of para-hydroxylation sites is 1. The summed E-state index contributed by atoms with van der Waals surface area (Å²) in [5.74, 6) is -0.547. The summed E-state index contributed by atoms with van der Waals surface area (Å²) in [6.45, 7) is 2.09. The van der Waals surface area contributed by atoms with E-state index in [4.69, 9.17) is 21.1 Å². The minimum atomic E-state index is -0.521. The van der Waals surface area contributed by atoms with Crippen LogP contribution in [0.5, 0.6) is 5.88 Å². The van der Waals surface area contributed by atoms with Crippen LogP contribution in [0.4, 0.5) is 4.39 Å². The van der Waals surface area contributed by atoms with Gasteiger partial charge in [0.2, 0.25) is 5.88 Å². The summed E-state index contributed by atoms with van der Waals surface area (Å²) < 4.78 is 27.1. The van der Waals surface area contributed by atoms with Crippen LogP contribution in [-0.2, 0) is 11.3 Å². The molecule has 2 aromatic heterocycles. The Balaban J connectivity index is 2.07. The molecule has 0 bridgehead atoms. The Morgan fingerprint density at radius 1 is 1.16 bits per heavy atom. The molecule has 0 unspecified atom stereocenters. The van der Waals surface area contributed by atoms with Crippen LogP contribution in [0, 0.1) is 5.82 Å². The number of carbonyl (C=O) groups excluding carboxylic acids is 1. The lowest BCUT2D eigenvalue weighted by Gasteiger charge is -2.13. The first kappa shape index (κ1) is 20.9. The number of halogens is 2. The van der Waals surface area contributed by atoms with Crippen molar-refractivity contribution in [3.05, 3.63) is 82.9 Å². The third-order valence-corrected chi connectivity index (χ3v) is 5.21. The minimum Gasteiger partial charge on any atom is -0.481 e. The van der Waals surface area contributed by atoms with Crippen LogP contribution in [0.25, 0.3) is 22.0 Å². The van der Waals surface area contributed by atoms with Crippen molar-refractivity contribution in [3.63, 3.8) is 0 Å². The molecule has 158 valence electrons. The Morgan fingerprint density at radius 2 is 1.90 bits per heavy atom. The largest absolute Gasteiger partial charge is 0.481 e. The number of pyridine rings is 1. The summed E-state index contributed by atoms with van der Waals surface area (Å²) in [5.41, 5.74) is 2.63. The molecule has 5 nitrogen and oxygen atoms in total. The predicted octanol–water partition coefficient (Wildman–Crippen LogP) is 5.73. The number of methoxy groups -OCH3 is 1. The number of benzene rings is 2. The van der Waals surface area contributed by atoms with E-state index in [1.165, 1.54) is 19.4 Å². The van der Waals surface area contributed by atoms with E-state index in [0.717, 1.165) is 10.9 Å². The van der Waals surface area contributed by atoms with Gasteiger partial charge in [-0.2, -0.15) is 0 Å².